The molecule has 37 heavy (non-hydrogen) atoms. The second-order valence-corrected chi connectivity index (χ2v) is 9.84. The van der Waals surface area contributed by atoms with E-state index in [9.17, 15) is 9.59 Å². The van der Waals surface area contributed by atoms with E-state index >= 15 is 0 Å². The van der Waals surface area contributed by atoms with Gasteiger partial charge in [-0.25, -0.2) is 0 Å². The third-order valence-corrected chi connectivity index (χ3v) is 6.47. The summed E-state index contributed by atoms with van der Waals surface area (Å²) < 4.78 is 6.05. The van der Waals surface area contributed by atoms with Crippen LogP contribution in [-0.2, 0) is 22.6 Å². The highest BCUT2D eigenvalue weighted by molar-refractivity contribution is 5.88. The van der Waals surface area contributed by atoms with Crippen molar-refractivity contribution >= 4 is 11.8 Å². The topological polar surface area (TPSA) is 58.6 Å². The zero-order valence-electron chi connectivity index (χ0n) is 22.6. The smallest absolute Gasteiger partial charge is 0.261 e. The van der Waals surface area contributed by atoms with E-state index in [0.29, 0.717) is 25.3 Å². The summed E-state index contributed by atoms with van der Waals surface area (Å²) >= 11 is 0. The summed E-state index contributed by atoms with van der Waals surface area (Å²) in [6, 6.07) is 25.1. The minimum atomic E-state index is -0.656. The minimum absolute atomic E-state index is 0.136. The van der Waals surface area contributed by atoms with Gasteiger partial charge in [-0.1, -0.05) is 106 Å². The highest BCUT2D eigenvalue weighted by Crippen LogP contribution is 2.26. The molecule has 196 valence electrons. The number of aryl methyl sites for hydroxylation is 1. The second-order valence-electron chi connectivity index (χ2n) is 9.84. The van der Waals surface area contributed by atoms with Gasteiger partial charge in [-0.2, -0.15) is 0 Å². The normalized spacial score (nSPS) is 11.7. The molecule has 0 saturated heterocycles. The number of benzene rings is 3. The van der Waals surface area contributed by atoms with Crippen molar-refractivity contribution in [3.05, 3.63) is 101 Å². The van der Waals surface area contributed by atoms with Gasteiger partial charge in [0.05, 0.1) is 0 Å². The monoisotopic (exact) mass is 500 g/mol. The summed E-state index contributed by atoms with van der Waals surface area (Å²) in [5.74, 6) is 0.615. The lowest BCUT2D eigenvalue weighted by Crippen LogP contribution is -2.51. The van der Waals surface area contributed by atoms with Crippen molar-refractivity contribution in [3.63, 3.8) is 0 Å². The maximum atomic E-state index is 13.8. The number of carbonyl (C=O) groups is 2. The third-order valence-electron chi connectivity index (χ3n) is 6.47. The first kappa shape index (κ1) is 28.0. The summed E-state index contributed by atoms with van der Waals surface area (Å²) in [5.41, 5.74) is 4.18. The first-order valence-electron chi connectivity index (χ1n) is 13.3. The Kier molecular flexibility index (Phi) is 10.8. The van der Waals surface area contributed by atoms with Gasteiger partial charge in [-0.05, 0) is 42.0 Å². The largest absolute Gasteiger partial charge is 0.483 e. The van der Waals surface area contributed by atoms with E-state index in [4.69, 9.17) is 4.74 Å². The van der Waals surface area contributed by atoms with Crippen molar-refractivity contribution < 1.29 is 14.3 Å². The van der Waals surface area contributed by atoms with E-state index in [1.165, 1.54) is 0 Å². The maximum absolute atomic E-state index is 13.8. The first-order valence-corrected chi connectivity index (χ1v) is 13.3. The molecular formula is C32H40N2O3. The summed E-state index contributed by atoms with van der Waals surface area (Å²) in [6.07, 6.45) is 2.31. The lowest BCUT2D eigenvalue weighted by Gasteiger charge is -2.31. The first-order chi connectivity index (χ1) is 17.9. The van der Waals surface area contributed by atoms with Crippen LogP contribution in [-0.4, -0.2) is 35.9 Å². The number of hydrogen-bond acceptors (Lipinski definition) is 3. The van der Waals surface area contributed by atoms with Crippen LogP contribution in [0.2, 0.25) is 0 Å². The lowest BCUT2D eigenvalue weighted by atomic mass is 10.0. The highest BCUT2D eigenvalue weighted by atomic mass is 16.5. The molecule has 0 radical (unpaired) electrons. The van der Waals surface area contributed by atoms with Crippen molar-refractivity contribution in [1.82, 2.24) is 10.2 Å². The van der Waals surface area contributed by atoms with Crippen molar-refractivity contribution in [2.75, 3.05) is 13.2 Å². The van der Waals surface area contributed by atoms with Crippen molar-refractivity contribution in [3.8, 4) is 5.75 Å². The Hall–Kier alpha value is -3.60. The van der Waals surface area contributed by atoms with E-state index in [1.54, 1.807) is 4.90 Å². The Bertz CT molecular complexity index is 1130. The van der Waals surface area contributed by atoms with Crippen molar-refractivity contribution in [1.29, 1.82) is 0 Å². The number of carbonyl (C=O) groups excluding carboxylic acids is 2. The third kappa shape index (κ3) is 8.49. The molecule has 0 heterocycles. The van der Waals surface area contributed by atoms with Crippen LogP contribution >= 0.6 is 0 Å². The van der Waals surface area contributed by atoms with Gasteiger partial charge in [0.2, 0.25) is 5.91 Å². The Labute approximate surface area is 221 Å². The Morgan fingerprint density at radius 3 is 2.24 bits per heavy atom. The average molecular weight is 501 g/mol. The molecule has 0 fully saturated rings. The van der Waals surface area contributed by atoms with Crippen LogP contribution in [0, 0.1) is 6.92 Å². The number of ether oxygens (including phenoxy) is 1. The molecule has 3 aromatic carbocycles. The van der Waals surface area contributed by atoms with Crippen LogP contribution in [0.4, 0.5) is 0 Å². The number of para-hydroxylation sites is 1. The SMILES string of the molecule is CCCCNC(=O)C(Cc1ccccc1)N(Cc1ccc(C)cc1)C(=O)COc1ccccc1C(C)C. The summed E-state index contributed by atoms with van der Waals surface area (Å²) in [5, 5.41) is 3.06. The zero-order chi connectivity index (χ0) is 26.6. The van der Waals surface area contributed by atoms with Crippen molar-refractivity contribution in [2.45, 2.75) is 65.5 Å². The van der Waals surface area contributed by atoms with Gasteiger partial charge in [-0.15, -0.1) is 0 Å². The maximum Gasteiger partial charge on any atom is 0.261 e. The molecular weight excluding hydrogens is 460 g/mol. The molecule has 1 atom stereocenters. The molecule has 1 N–H and O–H groups in total. The van der Waals surface area contributed by atoms with Gasteiger partial charge < -0.3 is 15.0 Å². The van der Waals surface area contributed by atoms with E-state index < -0.39 is 6.04 Å². The van der Waals surface area contributed by atoms with Crippen LogP contribution in [0.15, 0.2) is 78.9 Å². The Morgan fingerprint density at radius 2 is 1.57 bits per heavy atom. The number of nitrogens with zero attached hydrogens (tertiary/aromatic N) is 1. The number of amides is 2. The molecule has 0 spiro atoms. The predicted octanol–water partition coefficient (Wildman–Crippen LogP) is 6.05. The molecule has 2 amide bonds. The molecule has 3 aromatic rings. The molecule has 0 aliphatic carbocycles. The van der Waals surface area contributed by atoms with Crippen LogP contribution < -0.4 is 10.1 Å². The fraction of sp³-hybridized carbons (Fsp3) is 0.375. The van der Waals surface area contributed by atoms with Crippen LogP contribution in [0.5, 0.6) is 5.75 Å². The van der Waals surface area contributed by atoms with E-state index in [1.807, 2.05) is 85.8 Å². The average Bonchev–Trinajstić information content (AvgIpc) is 2.91. The molecule has 0 aliphatic heterocycles. The highest BCUT2D eigenvalue weighted by Gasteiger charge is 2.30. The van der Waals surface area contributed by atoms with Gasteiger partial charge in [0, 0.05) is 19.5 Å². The number of rotatable bonds is 13. The second kappa shape index (κ2) is 14.2. The van der Waals surface area contributed by atoms with E-state index in [0.717, 1.165) is 35.1 Å². The van der Waals surface area contributed by atoms with Gasteiger partial charge in [0.25, 0.3) is 5.91 Å². The number of hydrogen-bond donors (Lipinski definition) is 1. The standard InChI is InChI=1S/C32H40N2O3/c1-5-6-20-33-32(36)29(21-26-12-8-7-9-13-26)34(22-27-18-16-25(4)17-19-27)31(35)23-37-30-15-11-10-14-28(30)24(2)3/h7-19,24,29H,5-6,20-23H2,1-4H3,(H,33,36). The molecule has 3 rings (SSSR count). The molecule has 0 aromatic heterocycles. The fourth-order valence-electron chi connectivity index (χ4n) is 4.26. The van der Waals surface area contributed by atoms with E-state index in [-0.39, 0.29) is 24.3 Å². The Balaban J connectivity index is 1.90. The summed E-state index contributed by atoms with van der Waals surface area (Å²) in [4.78, 5) is 28.9. The predicted molar refractivity (Wildman–Crippen MR) is 150 cm³/mol. The molecule has 0 bridgehead atoms. The minimum Gasteiger partial charge on any atom is -0.483 e. The molecule has 1 unspecified atom stereocenters. The van der Waals surface area contributed by atoms with E-state index in [2.05, 4.69) is 26.1 Å². The molecule has 5 heteroatoms. The fourth-order valence-corrected chi connectivity index (χ4v) is 4.26. The number of nitrogens with one attached hydrogen (secondary N) is 1. The van der Waals surface area contributed by atoms with Gasteiger partial charge >= 0.3 is 0 Å². The van der Waals surface area contributed by atoms with Crippen LogP contribution in [0.3, 0.4) is 0 Å². The van der Waals surface area contributed by atoms with Crippen LogP contribution in [0.25, 0.3) is 0 Å². The quantitative estimate of drug-likeness (QED) is 0.291. The number of unbranched alkanes of at least 4 members (excludes halogenated alkanes) is 1. The summed E-state index contributed by atoms with van der Waals surface area (Å²) in [7, 11) is 0. The van der Waals surface area contributed by atoms with Gasteiger partial charge in [0.15, 0.2) is 6.61 Å². The molecule has 0 saturated carbocycles. The van der Waals surface area contributed by atoms with Crippen molar-refractivity contribution in [2.24, 2.45) is 0 Å². The zero-order valence-corrected chi connectivity index (χ0v) is 22.6. The van der Waals surface area contributed by atoms with Gasteiger partial charge in [-0.3, -0.25) is 9.59 Å². The summed E-state index contributed by atoms with van der Waals surface area (Å²) in [6.45, 7) is 9.11. The Morgan fingerprint density at radius 1 is 0.892 bits per heavy atom. The molecule has 0 aliphatic rings. The molecule has 5 nitrogen and oxygen atoms in total. The van der Waals surface area contributed by atoms with Gasteiger partial charge in [0.1, 0.15) is 11.8 Å². The van der Waals surface area contributed by atoms with Crippen LogP contribution in [0.1, 0.15) is 61.8 Å². The lowest BCUT2D eigenvalue weighted by molar-refractivity contribution is -0.142.